The molecule has 0 aliphatic heterocycles. The summed E-state index contributed by atoms with van der Waals surface area (Å²) in [6, 6.07) is 1.77. The van der Waals surface area contributed by atoms with E-state index in [4.69, 9.17) is 4.74 Å². The van der Waals surface area contributed by atoms with Gasteiger partial charge in [-0.05, 0) is 37.0 Å². The van der Waals surface area contributed by atoms with Crippen molar-refractivity contribution in [2.24, 2.45) is 0 Å². The van der Waals surface area contributed by atoms with Crippen LogP contribution in [0.5, 0.6) is 5.75 Å². The molecule has 1 aromatic rings. The summed E-state index contributed by atoms with van der Waals surface area (Å²) in [6.07, 6.45) is 2.97. The highest BCUT2D eigenvalue weighted by molar-refractivity contribution is 6.02. The maximum atomic E-state index is 11.8. The number of hydrogen-bond acceptors (Lipinski definition) is 3. The van der Waals surface area contributed by atoms with Gasteiger partial charge in [0.2, 0.25) is 0 Å². The van der Waals surface area contributed by atoms with E-state index in [1.165, 1.54) is 0 Å². The van der Waals surface area contributed by atoms with Crippen molar-refractivity contribution in [2.75, 3.05) is 7.11 Å². The molecule has 1 aliphatic carbocycles. The fourth-order valence-corrected chi connectivity index (χ4v) is 2.36. The lowest BCUT2D eigenvalue weighted by atomic mass is 9.84. The van der Waals surface area contributed by atoms with Crippen LogP contribution in [0, 0.1) is 6.92 Å². The van der Waals surface area contributed by atoms with Crippen LogP contribution in [0.1, 0.15) is 44.7 Å². The van der Waals surface area contributed by atoms with Gasteiger partial charge in [0.1, 0.15) is 5.75 Å². The molecule has 1 aliphatic rings. The Kier molecular flexibility index (Phi) is 2.77. The van der Waals surface area contributed by atoms with Gasteiger partial charge in [-0.15, -0.1) is 0 Å². The molecule has 1 aromatic carbocycles. The molecule has 0 atom stereocenters. The Balaban J connectivity index is 2.73. The monoisotopic (exact) mass is 218 g/mol. The van der Waals surface area contributed by atoms with E-state index in [-0.39, 0.29) is 5.78 Å². The van der Waals surface area contributed by atoms with Gasteiger partial charge in [0, 0.05) is 12.0 Å². The van der Waals surface area contributed by atoms with Crippen molar-refractivity contribution < 1.29 is 14.3 Å². The van der Waals surface area contributed by atoms with Crippen molar-refractivity contribution in [2.45, 2.75) is 26.2 Å². The Morgan fingerprint density at radius 1 is 1.38 bits per heavy atom. The van der Waals surface area contributed by atoms with Gasteiger partial charge in [0.05, 0.1) is 12.7 Å². The zero-order chi connectivity index (χ0) is 11.7. The zero-order valence-corrected chi connectivity index (χ0v) is 9.50. The number of fused-ring (bicyclic) bond motifs is 1. The van der Waals surface area contributed by atoms with Crippen LogP contribution in [0.15, 0.2) is 6.07 Å². The number of aryl methyl sites for hydroxylation is 1. The molecule has 0 aromatic heterocycles. The second kappa shape index (κ2) is 4.08. The normalized spacial score (nSPS) is 14.5. The second-order valence-corrected chi connectivity index (χ2v) is 4.06. The number of Topliss-reactive ketones (excluding diaryl/α,β-unsaturated/α-hetero) is 1. The van der Waals surface area contributed by atoms with Crippen molar-refractivity contribution in [3.8, 4) is 5.75 Å². The smallest absolute Gasteiger partial charge is 0.163 e. The fraction of sp³-hybridized carbons (Fsp3) is 0.385. The number of ether oxygens (including phenoxy) is 1. The molecule has 0 saturated carbocycles. The minimum atomic E-state index is 0.143. The Bertz CT molecular complexity index is 461. The summed E-state index contributed by atoms with van der Waals surface area (Å²) in [5.41, 5.74) is 3.04. The molecule has 0 bridgehead atoms. The molecule has 84 valence electrons. The van der Waals surface area contributed by atoms with Crippen LogP contribution in [0.2, 0.25) is 0 Å². The lowest BCUT2D eigenvalue weighted by molar-refractivity contribution is 0.0971. The number of carbonyl (C=O) groups is 2. The molecular formula is C13H14O3. The Labute approximate surface area is 94.4 Å². The van der Waals surface area contributed by atoms with E-state index in [1.807, 2.05) is 6.92 Å². The van der Waals surface area contributed by atoms with Gasteiger partial charge in [0.25, 0.3) is 0 Å². The third kappa shape index (κ3) is 1.52. The molecule has 3 nitrogen and oxygen atoms in total. The summed E-state index contributed by atoms with van der Waals surface area (Å²) in [7, 11) is 1.54. The summed E-state index contributed by atoms with van der Waals surface area (Å²) in [5, 5.41) is 0. The van der Waals surface area contributed by atoms with Crippen molar-refractivity contribution >= 4 is 12.1 Å². The summed E-state index contributed by atoms with van der Waals surface area (Å²) in [4.78, 5) is 22.9. The average molecular weight is 218 g/mol. The van der Waals surface area contributed by atoms with Gasteiger partial charge < -0.3 is 4.74 Å². The quantitative estimate of drug-likeness (QED) is 0.715. The van der Waals surface area contributed by atoms with E-state index in [0.717, 1.165) is 35.8 Å². The molecule has 0 radical (unpaired) electrons. The standard InChI is InChI=1S/C13H14O3/c1-8-6-12(16-2)10(7-14)9-4-3-5-11(15)13(8)9/h6-7H,3-5H2,1-2H3. The highest BCUT2D eigenvalue weighted by Crippen LogP contribution is 2.32. The van der Waals surface area contributed by atoms with E-state index in [9.17, 15) is 9.59 Å². The SMILES string of the molecule is COc1cc(C)c2c(c1C=O)CCCC2=O. The van der Waals surface area contributed by atoms with E-state index in [2.05, 4.69) is 0 Å². The Morgan fingerprint density at radius 3 is 2.75 bits per heavy atom. The summed E-state index contributed by atoms with van der Waals surface area (Å²) < 4.78 is 5.18. The van der Waals surface area contributed by atoms with Crippen molar-refractivity contribution in [1.82, 2.24) is 0 Å². The molecule has 2 rings (SSSR count). The van der Waals surface area contributed by atoms with Gasteiger partial charge in [-0.2, -0.15) is 0 Å². The second-order valence-electron chi connectivity index (χ2n) is 4.06. The minimum absolute atomic E-state index is 0.143. The highest BCUT2D eigenvalue weighted by atomic mass is 16.5. The summed E-state index contributed by atoms with van der Waals surface area (Å²) in [6.45, 7) is 1.89. The molecule has 0 saturated heterocycles. The molecule has 0 fully saturated rings. The Morgan fingerprint density at radius 2 is 2.12 bits per heavy atom. The molecule has 3 heteroatoms. The van der Waals surface area contributed by atoms with E-state index in [1.54, 1.807) is 13.2 Å². The molecular weight excluding hydrogens is 204 g/mol. The number of methoxy groups -OCH3 is 1. The number of carbonyl (C=O) groups excluding carboxylic acids is 2. The van der Waals surface area contributed by atoms with Crippen molar-refractivity contribution in [3.05, 3.63) is 28.3 Å². The van der Waals surface area contributed by atoms with Gasteiger partial charge in [0.15, 0.2) is 12.1 Å². The number of aldehydes is 1. The zero-order valence-electron chi connectivity index (χ0n) is 9.50. The number of hydrogen-bond donors (Lipinski definition) is 0. The van der Waals surface area contributed by atoms with E-state index >= 15 is 0 Å². The highest BCUT2D eigenvalue weighted by Gasteiger charge is 2.24. The van der Waals surface area contributed by atoms with Crippen LogP contribution >= 0.6 is 0 Å². The van der Waals surface area contributed by atoms with Crippen molar-refractivity contribution in [1.29, 1.82) is 0 Å². The lowest BCUT2D eigenvalue weighted by Gasteiger charge is -2.20. The first-order valence-corrected chi connectivity index (χ1v) is 5.38. The van der Waals surface area contributed by atoms with Crippen LogP contribution in [0.25, 0.3) is 0 Å². The number of rotatable bonds is 2. The van der Waals surface area contributed by atoms with E-state index < -0.39 is 0 Å². The van der Waals surface area contributed by atoms with Gasteiger partial charge >= 0.3 is 0 Å². The molecule has 0 unspecified atom stereocenters. The fourth-order valence-electron chi connectivity index (χ4n) is 2.36. The topological polar surface area (TPSA) is 43.4 Å². The van der Waals surface area contributed by atoms with E-state index in [0.29, 0.717) is 17.7 Å². The summed E-state index contributed by atoms with van der Waals surface area (Å²) in [5.74, 6) is 0.713. The third-order valence-electron chi connectivity index (χ3n) is 3.08. The molecule has 0 heterocycles. The largest absolute Gasteiger partial charge is 0.496 e. The van der Waals surface area contributed by atoms with Gasteiger partial charge in [-0.25, -0.2) is 0 Å². The van der Waals surface area contributed by atoms with Gasteiger partial charge in [-0.3, -0.25) is 9.59 Å². The first-order chi connectivity index (χ1) is 7.69. The lowest BCUT2D eigenvalue weighted by Crippen LogP contribution is -2.15. The first-order valence-electron chi connectivity index (χ1n) is 5.38. The maximum absolute atomic E-state index is 11.8. The van der Waals surface area contributed by atoms with Crippen LogP contribution < -0.4 is 4.74 Å². The van der Waals surface area contributed by atoms with Crippen molar-refractivity contribution in [3.63, 3.8) is 0 Å². The van der Waals surface area contributed by atoms with Crippen LogP contribution in [0.4, 0.5) is 0 Å². The van der Waals surface area contributed by atoms with Gasteiger partial charge in [-0.1, -0.05) is 0 Å². The number of ketones is 1. The molecule has 16 heavy (non-hydrogen) atoms. The molecule has 0 N–H and O–H groups in total. The third-order valence-corrected chi connectivity index (χ3v) is 3.08. The number of benzene rings is 1. The van der Waals surface area contributed by atoms with Crippen LogP contribution in [-0.4, -0.2) is 19.2 Å². The van der Waals surface area contributed by atoms with Crippen LogP contribution in [0.3, 0.4) is 0 Å². The predicted molar refractivity (Wildman–Crippen MR) is 60.4 cm³/mol. The average Bonchev–Trinajstić information content (AvgIpc) is 2.28. The minimum Gasteiger partial charge on any atom is -0.496 e. The predicted octanol–water partition coefficient (Wildman–Crippen LogP) is 2.34. The Hall–Kier alpha value is -1.64. The molecule has 0 spiro atoms. The molecule has 0 amide bonds. The summed E-state index contributed by atoms with van der Waals surface area (Å²) >= 11 is 0. The van der Waals surface area contributed by atoms with Crippen LogP contribution in [-0.2, 0) is 6.42 Å². The maximum Gasteiger partial charge on any atom is 0.163 e. The first kappa shape index (κ1) is 10.9.